The van der Waals surface area contributed by atoms with Crippen molar-refractivity contribution in [2.24, 2.45) is 17.8 Å². The lowest BCUT2D eigenvalue weighted by atomic mass is 9.48. The topological polar surface area (TPSA) is 52.3 Å². The predicted octanol–water partition coefficient (Wildman–Crippen LogP) is 13.2. The molecule has 6 heteroatoms. The summed E-state index contributed by atoms with van der Waals surface area (Å²) in [6.07, 6.45) is 8.42. The first-order valence-electron chi connectivity index (χ1n) is 20.0. The van der Waals surface area contributed by atoms with E-state index >= 15 is 0 Å². The monoisotopic (exact) mass is 734 g/mol. The number of nitrogens with zero attached hydrogens (tertiary/aromatic N) is 6. The maximum atomic E-state index is 7.66. The maximum absolute atomic E-state index is 7.66. The number of aromatic nitrogens is 4. The quantitative estimate of drug-likeness (QED) is 0.160. The molecule has 0 aliphatic heterocycles. The van der Waals surface area contributed by atoms with Gasteiger partial charge in [0, 0.05) is 33.2 Å². The van der Waals surface area contributed by atoms with Crippen molar-refractivity contribution in [1.29, 1.82) is 0 Å². The van der Waals surface area contributed by atoms with Crippen LogP contribution < -0.4 is 0 Å². The van der Waals surface area contributed by atoms with Crippen LogP contribution >= 0.6 is 0 Å². The first-order valence-corrected chi connectivity index (χ1v) is 20.0. The molecule has 57 heavy (non-hydrogen) atoms. The van der Waals surface area contributed by atoms with Gasteiger partial charge in [-0.1, -0.05) is 103 Å². The van der Waals surface area contributed by atoms with Gasteiger partial charge in [-0.05, 0) is 115 Å². The summed E-state index contributed by atoms with van der Waals surface area (Å²) in [5.74, 6) is 4.34. The summed E-state index contributed by atoms with van der Waals surface area (Å²) in [5, 5.41) is 2.38. The lowest BCUT2D eigenvalue weighted by molar-refractivity contribution is -0.00518. The molecule has 4 saturated carbocycles. The van der Waals surface area contributed by atoms with E-state index in [0.717, 1.165) is 56.8 Å². The van der Waals surface area contributed by atoms with E-state index in [0.29, 0.717) is 34.3 Å². The molecular formula is C51H38N6. The number of para-hydroxylation sites is 1. The molecule has 6 aromatic carbocycles. The van der Waals surface area contributed by atoms with E-state index in [1.54, 1.807) is 6.07 Å². The third kappa shape index (κ3) is 5.71. The average molecular weight is 735 g/mol. The number of hydrogen-bond acceptors (Lipinski definition) is 3. The largest absolute Gasteiger partial charge is 0.309 e. The fourth-order valence-electron chi connectivity index (χ4n) is 10.9. The Labute approximate surface area is 332 Å². The Kier molecular flexibility index (Phi) is 7.69. The highest BCUT2D eigenvalue weighted by Crippen LogP contribution is 2.60. The molecule has 0 unspecified atom stereocenters. The highest BCUT2D eigenvalue weighted by molar-refractivity contribution is 6.10. The summed E-state index contributed by atoms with van der Waals surface area (Å²) in [5.41, 5.74) is 10.9. The Hall–Kier alpha value is -6.89. The second-order valence-corrected chi connectivity index (χ2v) is 16.5. The number of benzene rings is 6. The van der Waals surface area contributed by atoms with Gasteiger partial charge in [0.25, 0.3) is 0 Å². The van der Waals surface area contributed by atoms with Crippen molar-refractivity contribution in [3.8, 4) is 51.0 Å². The third-order valence-electron chi connectivity index (χ3n) is 13.0. The molecule has 0 radical (unpaired) electrons. The predicted molar refractivity (Wildman–Crippen MR) is 228 cm³/mol. The normalized spacial score (nSPS) is 20.8. The molecule has 6 nitrogen and oxygen atoms in total. The van der Waals surface area contributed by atoms with Crippen LogP contribution in [0.1, 0.15) is 44.1 Å². The van der Waals surface area contributed by atoms with Crippen molar-refractivity contribution in [3.05, 3.63) is 168 Å². The Balaban J connectivity index is 1.04. The lowest BCUT2D eigenvalue weighted by Crippen LogP contribution is -2.48. The van der Waals surface area contributed by atoms with Crippen LogP contribution in [0.15, 0.2) is 140 Å². The standard InChI is InChI=1S/C51H38N6/c1-52-41-18-13-35(14-19-41)36-7-5-8-37(26-36)48-54-49(38-9-6-10-42(27-38)53-2)56-50(55-48)39-15-22-45-44-11-3-4-12-46(44)57(47(45)28-39)43-20-16-40(17-21-43)51-29-32-23-33(30-51)25-34(24-32)31-51/h3-22,26-28,32-34H,23-25,29-31H2. The number of rotatable bonds is 6. The molecule has 4 aliphatic rings. The first-order chi connectivity index (χ1) is 28.0. The van der Waals surface area contributed by atoms with E-state index in [1.807, 2.05) is 54.6 Å². The third-order valence-corrected chi connectivity index (χ3v) is 13.0. The SMILES string of the molecule is [C-]#[N+]c1ccc(-c2cccc(-c3nc(-c4cccc([N+]#[C-])c4)nc(-c4ccc5c6ccccc6n(-c6ccc(C78CC9CC(CC(C9)C7)C8)cc6)c5c4)n3)c2)cc1. The molecule has 4 aliphatic carbocycles. The zero-order valence-corrected chi connectivity index (χ0v) is 31.4. The molecule has 8 aromatic rings. The molecule has 0 atom stereocenters. The average Bonchev–Trinajstić information content (AvgIpc) is 3.59. The molecule has 4 fully saturated rings. The van der Waals surface area contributed by atoms with Crippen molar-refractivity contribution in [2.75, 3.05) is 0 Å². The van der Waals surface area contributed by atoms with Crippen LogP contribution in [0, 0.1) is 30.9 Å². The van der Waals surface area contributed by atoms with Gasteiger partial charge in [0.1, 0.15) is 0 Å². The van der Waals surface area contributed by atoms with Crippen LogP contribution in [-0.2, 0) is 5.41 Å². The van der Waals surface area contributed by atoms with Crippen LogP contribution in [0.2, 0.25) is 0 Å². The van der Waals surface area contributed by atoms with Gasteiger partial charge in [-0.3, -0.25) is 0 Å². The molecule has 0 spiro atoms. The molecule has 0 saturated heterocycles. The zero-order chi connectivity index (χ0) is 38.1. The van der Waals surface area contributed by atoms with Gasteiger partial charge < -0.3 is 4.57 Å². The Morgan fingerprint density at radius 3 is 1.70 bits per heavy atom. The van der Waals surface area contributed by atoms with Crippen molar-refractivity contribution >= 4 is 33.2 Å². The van der Waals surface area contributed by atoms with Gasteiger partial charge in [0.2, 0.25) is 0 Å². The van der Waals surface area contributed by atoms with Crippen molar-refractivity contribution in [3.63, 3.8) is 0 Å². The van der Waals surface area contributed by atoms with E-state index in [9.17, 15) is 0 Å². The summed E-state index contributed by atoms with van der Waals surface area (Å²) in [6, 6.07) is 48.0. The van der Waals surface area contributed by atoms with Gasteiger partial charge >= 0.3 is 0 Å². The van der Waals surface area contributed by atoms with E-state index in [2.05, 4.69) is 93.1 Å². The van der Waals surface area contributed by atoms with Crippen LogP contribution in [0.3, 0.4) is 0 Å². The molecule has 0 N–H and O–H groups in total. The fraction of sp³-hybridized carbons (Fsp3) is 0.196. The second kappa shape index (κ2) is 13.1. The Morgan fingerprint density at radius 2 is 1.04 bits per heavy atom. The molecule has 0 amide bonds. The van der Waals surface area contributed by atoms with E-state index in [-0.39, 0.29) is 0 Å². The smallest absolute Gasteiger partial charge is 0.187 e. The van der Waals surface area contributed by atoms with Crippen LogP contribution in [0.4, 0.5) is 11.4 Å². The highest BCUT2D eigenvalue weighted by atomic mass is 15.0. The van der Waals surface area contributed by atoms with Gasteiger partial charge in [0.05, 0.1) is 24.2 Å². The minimum Gasteiger partial charge on any atom is -0.309 e. The van der Waals surface area contributed by atoms with Crippen molar-refractivity contribution < 1.29 is 0 Å². The number of fused-ring (bicyclic) bond motifs is 3. The second-order valence-electron chi connectivity index (χ2n) is 16.5. The van der Waals surface area contributed by atoms with Crippen LogP contribution in [-0.4, -0.2) is 19.5 Å². The summed E-state index contributed by atoms with van der Waals surface area (Å²) in [7, 11) is 0. The highest BCUT2D eigenvalue weighted by Gasteiger charge is 2.51. The molecule has 2 heterocycles. The molecule has 12 rings (SSSR count). The summed E-state index contributed by atoms with van der Waals surface area (Å²) in [6.45, 7) is 15.0. The van der Waals surface area contributed by atoms with E-state index in [4.69, 9.17) is 28.1 Å². The molecule has 4 bridgehead atoms. The summed E-state index contributed by atoms with van der Waals surface area (Å²) < 4.78 is 2.39. The molecule has 272 valence electrons. The zero-order valence-electron chi connectivity index (χ0n) is 31.4. The minimum atomic E-state index is 0.353. The van der Waals surface area contributed by atoms with E-state index < -0.39 is 0 Å². The van der Waals surface area contributed by atoms with Crippen LogP contribution in [0.5, 0.6) is 0 Å². The summed E-state index contributed by atoms with van der Waals surface area (Å²) >= 11 is 0. The van der Waals surface area contributed by atoms with E-state index in [1.165, 1.54) is 60.4 Å². The van der Waals surface area contributed by atoms with Crippen molar-refractivity contribution in [1.82, 2.24) is 19.5 Å². The molecular weight excluding hydrogens is 697 g/mol. The van der Waals surface area contributed by atoms with Crippen LogP contribution in [0.25, 0.3) is 82.5 Å². The van der Waals surface area contributed by atoms with Crippen molar-refractivity contribution in [2.45, 2.75) is 43.9 Å². The minimum absolute atomic E-state index is 0.353. The van der Waals surface area contributed by atoms with Gasteiger partial charge in [-0.15, -0.1) is 0 Å². The Morgan fingerprint density at radius 1 is 0.474 bits per heavy atom. The fourth-order valence-corrected chi connectivity index (χ4v) is 10.9. The Bertz CT molecular complexity index is 2930. The first kappa shape index (κ1) is 33.4. The van der Waals surface area contributed by atoms with Gasteiger partial charge in [-0.2, -0.15) is 0 Å². The maximum Gasteiger partial charge on any atom is 0.187 e. The van der Waals surface area contributed by atoms with Gasteiger partial charge in [-0.25, -0.2) is 24.6 Å². The summed E-state index contributed by atoms with van der Waals surface area (Å²) in [4.78, 5) is 22.4. The number of hydrogen-bond donors (Lipinski definition) is 0. The molecule has 2 aromatic heterocycles. The van der Waals surface area contributed by atoms with Gasteiger partial charge in [0.15, 0.2) is 28.8 Å². The lowest BCUT2D eigenvalue weighted by Gasteiger charge is -2.57.